The van der Waals surface area contributed by atoms with E-state index in [9.17, 15) is 4.79 Å². The molecule has 0 radical (unpaired) electrons. The van der Waals surface area contributed by atoms with Crippen LogP contribution in [-0.4, -0.2) is 30.5 Å². The number of hydrogen-bond acceptors (Lipinski definition) is 4. The normalized spacial score (nSPS) is 10.7. The van der Waals surface area contributed by atoms with Gasteiger partial charge in [0.15, 0.2) is 0 Å². The van der Waals surface area contributed by atoms with Crippen LogP contribution in [0.1, 0.15) is 11.3 Å². The van der Waals surface area contributed by atoms with E-state index in [-0.39, 0.29) is 18.4 Å². The molecule has 1 aromatic carbocycles. The molecule has 0 fully saturated rings. The molecule has 2 aromatic heterocycles. The number of halogens is 1. The fourth-order valence-corrected chi connectivity index (χ4v) is 2.38. The van der Waals surface area contributed by atoms with Crippen molar-refractivity contribution in [3.8, 4) is 0 Å². The van der Waals surface area contributed by atoms with Gasteiger partial charge in [-0.1, -0.05) is 30.3 Å². The molecule has 23 heavy (non-hydrogen) atoms. The first kappa shape index (κ1) is 15.4. The van der Waals surface area contributed by atoms with Crippen LogP contribution < -0.4 is 5.32 Å². The van der Waals surface area contributed by atoms with E-state index in [1.807, 2.05) is 37.3 Å². The Labute approximate surface area is 141 Å². The molecule has 0 aliphatic heterocycles. The van der Waals surface area contributed by atoms with Crippen molar-refractivity contribution in [3.63, 3.8) is 0 Å². The molecule has 1 N–H and O–H groups in total. The minimum Gasteiger partial charge on any atom is -0.292 e. The largest absolute Gasteiger partial charge is 0.292 e. The molecule has 1 amide bonds. The lowest BCUT2D eigenvalue weighted by atomic mass is 10.2. The summed E-state index contributed by atoms with van der Waals surface area (Å²) in [5, 5.41) is 11.0. The van der Waals surface area contributed by atoms with E-state index in [0.29, 0.717) is 6.54 Å². The van der Waals surface area contributed by atoms with Crippen LogP contribution in [-0.2, 0) is 17.9 Å². The van der Waals surface area contributed by atoms with Gasteiger partial charge in [-0.15, -0.1) is 5.10 Å². The summed E-state index contributed by atoms with van der Waals surface area (Å²) in [6.07, 6.45) is 3.26. The van der Waals surface area contributed by atoms with Crippen molar-refractivity contribution < 1.29 is 4.79 Å². The fraction of sp³-hybridized carbons (Fsp3) is 0.200. The van der Waals surface area contributed by atoms with Gasteiger partial charge < -0.3 is 0 Å². The zero-order valence-corrected chi connectivity index (χ0v) is 14.1. The van der Waals surface area contributed by atoms with E-state index < -0.39 is 0 Å². The standard InChI is InChI=1S/C15H15BrN6O/c1-11-13(16)7-18-22(11)9-14(23)19-15-17-10-21(20-15)8-12-5-3-2-4-6-12/h2-7,10H,8-9H2,1H3,(H,19,20,23). The lowest BCUT2D eigenvalue weighted by Gasteiger charge is -2.04. The van der Waals surface area contributed by atoms with Crippen molar-refractivity contribution in [1.82, 2.24) is 24.5 Å². The smallest absolute Gasteiger partial charge is 0.248 e. The highest BCUT2D eigenvalue weighted by Crippen LogP contribution is 2.14. The van der Waals surface area contributed by atoms with Crippen LogP contribution in [0.15, 0.2) is 47.3 Å². The predicted molar refractivity (Wildman–Crippen MR) is 88.9 cm³/mol. The third-order valence-corrected chi connectivity index (χ3v) is 4.09. The van der Waals surface area contributed by atoms with Crippen LogP contribution in [0.25, 0.3) is 0 Å². The molecule has 118 valence electrons. The van der Waals surface area contributed by atoms with Crippen molar-refractivity contribution in [2.75, 3.05) is 5.32 Å². The summed E-state index contributed by atoms with van der Waals surface area (Å²) in [5.74, 6) is 0.0657. The van der Waals surface area contributed by atoms with Gasteiger partial charge >= 0.3 is 0 Å². The number of benzene rings is 1. The van der Waals surface area contributed by atoms with Gasteiger partial charge in [0, 0.05) is 0 Å². The zero-order valence-electron chi connectivity index (χ0n) is 12.5. The van der Waals surface area contributed by atoms with Crippen molar-refractivity contribution in [1.29, 1.82) is 0 Å². The summed E-state index contributed by atoms with van der Waals surface area (Å²) in [6.45, 7) is 2.61. The predicted octanol–water partition coefficient (Wildman–Crippen LogP) is 2.23. The van der Waals surface area contributed by atoms with Gasteiger partial charge in [0.2, 0.25) is 11.9 Å². The maximum Gasteiger partial charge on any atom is 0.248 e. The van der Waals surface area contributed by atoms with E-state index in [1.54, 1.807) is 21.9 Å². The van der Waals surface area contributed by atoms with E-state index >= 15 is 0 Å². The molecule has 0 aliphatic carbocycles. The second-order valence-corrected chi connectivity index (χ2v) is 5.89. The van der Waals surface area contributed by atoms with Gasteiger partial charge in [-0.3, -0.25) is 14.8 Å². The summed E-state index contributed by atoms with van der Waals surface area (Å²) >= 11 is 3.36. The monoisotopic (exact) mass is 374 g/mol. The van der Waals surface area contributed by atoms with Gasteiger partial charge in [0.1, 0.15) is 12.9 Å². The summed E-state index contributed by atoms with van der Waals surface area (Å²) < 4.78 is 4.16. The van der Waals surface area contributed by atoms with Gasteiger partial charge in [-0.25, -0.2) is 9.67 Å². The number of nitrogens with zero attached hydrogens (tertiary/aromatic N) is 5. The lowest BCUT2D eigenvalue weighted by Crippen LogP contribution is -2.21. The third-order valence-electron chi connectivity index (χ3n) is 3.31. The third kappa shape index (κ3) is 3.84. The number of aromatic nitrogens is 5. The molecule has 3 aromatic rings. The average Bonchev–Trinajstić information content (AvgIpc) is 3.10. The van der Waals surface area contributed by atoms with Crippen LogP contribution in [0.5, 0.6) is 0 Å². The maximum atomic E-state index is 12.0. The van der Waals surface area contributed by atoms with Crippen LogP contribution in [0.2, 0.25) is 0 Å². The van der Waals surface area contributed by atoms with E-state index in [4.69, 9.17) is 0 Å². The highest BCUT2D eigenvalue weighted by atomic mass is 79.9. The quantitative estimate of drug-likeness (QED) is 0.742. The van der Waals surface area contributed by atoms with Crippen LogP contribution >= 0.6 is 15.9 Å². The van der Waals surface area contributed by atoms with Crippen LogP contribution in [0, 0.1) is 6.92 Å². The Kier molecular flexibility index (Phi) is 4.52. The van der Waals surface area contributed by atoms with Crippen LogP contribution in [0.3, 0.4) is 0 Å². The fourth-order valence-electron chi connectivity index (χ4n) is 2.08. The summed E-state index contributed by atoms with van der Waals surface area (Å²) in [4.78, 5) is 16.1. The molecule has 7 nitrogen and oxygen atoms in total. The Morgan fingerprint density at radius 1 is 1.30 bits per heavy atom. The number of hydrogen-bond donors (Lipinski definition) is 1. The van der Waals surface area contributed by atoms with E-state index in [2.05, 4.69) is 36.4 Å². The molecule has 0 saturated heterocycles. The summed E-state index contributed by atoms with van der Waals surface area (Å²) in [7, 11) is 0. The number of carbonyl (C=O) groups is 1. The van der Waals surface area contributed by atoms with Gasteiger partial charge in [-0.05, 0) is 28.4 Å². The highest BCUT2D eigenvalue weighted by Gasteiger charge is 2.11. The van der Waals surface area contributed by atoms with Gasteiger partial charge in [0.25, 0.3) is 0 Å². The molecule has 0 bridgehead atoms. The second-order valence-electron chi connectivity index (χ2n) is 5.04. The molecule has 0 unspecified atom stereocenters. The molecular formula is C15H15BrN6O. The molecule has 0 saturated carbocycles. The Hall–Kier alpha value is -2.48. The number of rotatable bonds is 5. The summed E-state index contributed by atoms with van der Waals surface area (Å²) in [5.41, 5.74) is 2.01. The lowest BCUT2D eigenvalue weighted by molar-refractivity contribution is -0.117. The zero-order chi connectivity index (χ0) is 16.2. The SMILES string of the molecule is Cc1c(Br)cnn1CC(=O)Nc1ncn(Cc2ccccc2)n1. The van der Waals surface area contributed by atoms with Crippen molar-refractivity contribution in [2.45, 2.75) is 20.0 Å². The van der Waals surface area contributed by atoms with Crippen molar-refractivity contribution >= 4 is 27.8 Å². The minimum absolute atomic E-state index is 0.116. The van der Waals surface area contributed by atoms with Gasteiger partial charge in [0.05, 0.1) is 22.9 Å². The first-order valence-electron chi connectivity index (χ1n) is 7.03. The first-order chi connectivity index (χ1) is 11.1. The second kappa shape index (κ2) is 6.74. The minimum atomic E-state index is -0.221. The molecule has 3 rings (SSSR count). The van der Waals surface area contributed by atoms with Crippen LogP contribution in [0.4, 0.5) is 5.95 Å². The van der Waals surface area contributed by atoms with Gasteiger partial charge in [-0.2, -0.15) is 5.10 Å². The molecule has 8 heteroatoms. The number of nitrogens with one attached hydrogen (secondary N) is 1. The van der Waals surface area contributed by atoms with E-state index in [0.717, 1.165) is 15.7 Å². The molecule has 0 aliphatic rings. The summed E-state index contributed by atoms with van der Waals surface area (Å²) in [6, 6.07) is 9.93. The maximum absolute atomic E-state index is 12.0. The average molecular weight is 375 g/mol. The Balaban J connectivity index is 1.60. The van der Waals surface area contributed by atoms with Crippen molar-refractivity contribution in [3.05, 3.63) is 58.6 Å². The number of amides is 1. The highest BCUT2D eigenvalue weighted by molar-refractivity contribution is 9.10. The number of anilines is 1. The Morgan fingerprint density at radius 3 is 2.78 bits per heavy atom. The number of carbonyl (C=O) groups excluding carboxylic acids is 1. The molecular weight excluding hydrogens is 360 g/mol. The first-order valence-corrected chi connectivity index (χ1v) is 7.82. The molecule has 0 spiro atoms. The van der Waals surface area contributed by atoms with Crippen molar-refractivity contribution in [2.24, 2.45) is 0 Å². The molecule has 2 heterocycles. The Morgan fingerprint density at radius 2 is 2.09 bits per heavy atom. The Bertz CT molecular complexity index is 810. The van der Waals surface area contributed by atoms with E-state index in [1.165, 1.54) is 0 Å². The topological polar surface area (TPSA) is 77.6 Å². The molecule has 0 atom stereocenters.